The molecule has 0 heterocycles. The van der Waals surface area contributed by atoms with E-state index in [1.54, 1.807) is 0 Å². The molecule has 1 atom stereocenters. The van der Waals surface area contributed by atoms with E-state index in [4.69, 9.17) is 17.4 Å². The van der Waals surface area contributed by atoms with Crippen LogP contribution >= 0.6 is 11.6 Å². The first-order chi connectivity index (χ1) is 8.67. The van der Waals surface area contributed by atoms with Gasteiger partial charge >= 0.3 is 0 Å². The Morgan fingerprint density at radius 3 is 2.61 bits per heavy atom. The fraction of sp³-hybridized carbons (Fsp3) is 0.462. The van der Waals surface area contributed by atoms with E-state index in [0.29, 0.717) is 5.96 Å². The van der Waals surface area contributed by atoms with Crippen LogP contribution in [0.2, 0.25) is 5.02 Å². The topological polar surface area (TPSA) is 62.4 Å². The second-order valence-electron chi connectivity index (χ2n) is 4.15. The van der Waals surface area contributed by atoms with Crippen molar-refractivity contribution in [2.24, 2.45) is 10.8 Å². The van der Waals surface area contributed by atoms with Crippen molar-refractivity contribution in [3.8, 4) is 0 Å². The fourth-order valence-corrected chi connectivity index (χ4v) is 1.65. The molecule has 1 unspecified atom stereocenters. The van der Waals surface area contributed by atoms with E-state index in [2.05, 4.69) is 29.6 Å². The Morgan fingerprint density at radius 1 is 1.39 bits per heavy atom. The highest BCUT2D eigenvalue weighted by molar-refractivity contribution is 6.30. The summed E-state index contributed by atoms with van der Waals surface area (Å²) >= 11 is 5.86. The number of nitrogens with one attached hydrogen (secondary N) is 2. The number of guanidine groups is 1. The van der Waals surface area contributed by atoms with E-state index in [9.17, 15) is 0 Å². The molecule has 0 amide bonds. The summed E-state index contributed by atoms with van der Waals surface area (Å²) in [6, 6.07) is 7.84. The van der Waals surface area contributed by atoms with Crippen LogP contribution in [-0.4, -0.2) is 12.5 Å². The monoisotopic (exact) mass is 268 g/mol. The summed E-state index contributed by atoms with van der Waals surface area (Å²) in [7, 11) is 0. The van der Waals surface area contributed by atoms with Gasteiger partial charge in [-0.25, -0.2) is 5.84 Å². The number of nitrogens with two attached hydrogens (primary N) is 1. The summed E-state index contributed by atoms with van der Waals surface area (Å²) in [4.78, 5) is 4.36. The predicted molar refractivity (Wildman–Crippen MR) is 77.5 cm³/mol. The maximum Gasteiger partial charge on any atom is 0.206 e. The van der Waals surface area contributed by atoms with Crippen LogP contribution in [0.1, 0.15) is 38.3 Å². The van der Waals surface area contributed by atoms with Gasteiger partial charge < -0.3 is 5.32 Å². The average molecular weight is 269 g/mol. The standard InChI is InChI=1S/C13H21ClN4/c1-3-4-9-16-13(18-15)17-10(2)11-5-7-12(14)8-6-11/h5-8,10H,3-4,9,15H2,1-2H3,(H2,16,17,18). The number of hydrazine groups is 1. The van der Waals surface area contributed by atoms with Gasteiger partial charge in [-0.05, 0) is 31.0 Å². The normalized spacial score (nSPS) is 13.2. The van der Waals surface area contributed by atoms with Crippen molar-refractivity contribution in [1.29, 1.82) is 0 Å². The van der Waals surface area contributed by atoms with Gasteiger partial charge in [0.25, 0.3) is 0 Å². The van der Waals surface area contributed by atoms with Gasteiger partial charge in [-0.2, -0.15) is 0 Å². The second kappa shape index (κ2) is 7.95. The van der Waals surface area contributed by atoms with Crippen LogP contribution in [-0.2, 0) is 0 Å². The first-order valence-electron chi connectivity index (χ1n) is 6.20. The zero-order valence-electron chi connectivity index (χ0n) is 10.9. The Hall–Kier alpha value is -1.26. The molecule has 0 fully saturated rings. The van der Waals surface area contributed by atoms with Crippen molar-refractivity contribution < 1.29 is 0 Å². The number of rotatable bonds is 5. The van der Waals surface area contributed by atoms with Crippen molar-refractivity contribution >= 4 is 17.6 Å². The van der Waals surface area contributed by atoms with Crippen LogP contribution in [0.4, 0.5) is 0 Å². The van der Waals surface area contributed by atoms with Crippen LogP contribution in [0.15, 0.2) is 29.3 Å². The molecule has 1 aromatic carbocycles. The Balaban J connectivity index is 2.58. The molecule has 0 aliphatic carbocycles. The quantitative estimate of drug-likeness (QED) is 0.253. The molecule has 0 aliphatic heterocycles. The molecule has 0 radical (unpaired) electrons. The van der Waals surface area contributed by atoms with Crippen molar-refractivity contribution in [2.75, 3.05) is 6.54 Å². The first kappa shape index (κ1) is 14.8. The molecule has 0 bridgehead atoms. The first-order valence-corrected chi connectivity index (χ1v) is 6.58. The van der Waals surface area contributed by atoms with Crippen LogP contribution in [0.5, 0.6) is 0 Å². The largest absolute Gasteiger partial charge is 0.349 e. The molecule has 0 saturated heterocycles. The van der Waals surface area contributed by atoms with E-state index in [1.165, 1.54) is 0 Å². The van der Waals surface area contributed by atoms with E-state index < -0.39 is 0 Å². The number of benzene rings is 1. The average Bonchev–Trinajstić information content (AvgIpc) is 2.38. The third kappa shape index (κ3) is 4.94. The van der Waals surface area contributed by atoms with Crippen molar-refractivity contribution in [3.63, 3.8) is 0 Å². The summed E-state index contributed by atoms with van der Waals surface area (Å²) in [6.45, 7) is 4.96. The third-order valence-corrected chi connectivity index (χ3v) is 2.89. The Labute approximate surface area is 114 Å². The van der Waals surface area contributed by atoms with Crippen LogP contribution in [0, 0.1) is 0 Å². The minimum absolute atomic E-state index is 0.124. The molecule has 4 nitrogen and oxygen atoms in total. The van der Waals surface area contributed by atoms with Gasteiger partial charge in [0.2, 0.25) is 5.96 Å². The van der Waals surface area contributed by atoms with Crippen molar-refractivity contribution in [2.45, 2.75) is 32.7 Å². The van der Waals surface area contributed by atoms with E-state index in [1.807, 2.05) is 24.3 Å². The summed E-state index contributed by atoms with van der Waals surface area (Å²) < 4.78 is 0. The minimum Gasteiger partial charge on any atom is -0.349 e. The highest BCUT2D eigenvalue weighted by Crippen LogP contribution is 2.15. The molecule has 4 N–H and O–H groups in total. The molecule has 0 aliphatic rings. The molecule has 0 spiro atoms. The SMILES string of the molecule is CCCCN=C(NN)NC(C)c1ccc(Cl)cc1. The lowest BCUT2D eigenvalue weighted by Crippen LogP contribution is -2.42. The molecule has 0 aromatic heterocycles. The molecule has 1 rings (SSSR count). The van der Waals surface area contributed by atoms with Gasteiger partial charge in [0.15, 0.2) is 0 Å². The van der Waals surface area contributed by atoms with E-state index in [0.717, 1.165) is 30.0 Å². The fourth-order valence-electron chi connectivity index (χ4n) is 1.52. The van der Waals surface area contributed by atoms with Crippen molar-refractivity contribution in [1.82, 2.24) is 10.7 Å². The van der Waals surface area contributed by atoms with Gasteiger partial charge in [0.05, 0.1) is 6.04 Å². The summed E-state index contributed by atoms with van der Waals surface area (Å²) in [5, 5.41) is 3.97. The molecule has 5 heteroatoms. The van der Waals surface area contributed by atoms with Crippen molar-refractivity contribution in [3.05, 3.63) is 34.9 Å². The number of aliphatic imine (C=N–C) groups is 1. The highest BCUT2D eigenvalue weighted by atomic mass is 35.5. The molecular weight excluding hydrogens is 248 g/mol. The third-order valence-electron chi connectivity index (χ3n) is 2.64. The minimum atomic E-state index is 0.124. The summed E-state index contributed by atoms with van der Waals surface area (Å²) in [5.74, 6) is 6.06. The maximum absolute atomic E-state index is 5.86. The Kier molecular flexibility index (Phi) is 6.54. The number of halogens is 1. The maximum atomic E-state index is 5.86. The molecule has 18 heavy (non-hydrogen) atoms. The zero-order chi connectivity index (χ0) is 13.4. The van der Waals surface area contributed by atoms with E-state index >= 15 is 0 Å². The van der Waals surface area contributed by atoms with Gasteiger partial charge in [-0.3, -0.25) is 10.4 Å². The lowest BCUT2D eigenvalue weighted by atomic mass is 10.1. The Bertz CT molecular complexity index is 375. The van der Waals surface area contributed by atoms with Crippen LogP contribution in [0.25, 0.3) is 0 Å². The number of nitrogens with zero attached hydrogens (tertiary/aromatic N) is 1. The number of hydrogen-bond acceptors (Lipinski definition) is 2. The van der Waals surface area contributed by atoms with Crippen LogP contribution in [0.3, 0.4) is 0 Å². The smallest absolute Gasteiger partial charge is 0.206 e. The number of unbranched alkanes of at least 4 members (excludes halogenated alkanes) is 1. The summed E-state index contributed by atoms with van der Waals surface area (Å²) in [6.07, 6.45) is 2.18. The lowest BCUT2D eigenvalue weighted by Gasteiger charge is -2.17. The highest BCUT2D eigenvalue weighted by Gasteiger charge is 2.06. The van der Waals surface area contributed by atoms with Gasteiger partial charge in [-0.15, -0.1) is 0 Å². The molecule has 1 aromatic rings. The van der Waals surface area contributed by atoms with Crippen LogP contribution < -0.4 is 16.6 Å². The molecule has 100 valence electrons. The number of hydrogen-bond donors (Lipinski definition) is 3. The van der Waals surface area contributed by atoms with Gasteiger partial charge in [0.1, 0.15) is 0 Å². The molecule has 0 saturated carbocycles. The zero-order valence-corrected chi connectivity index (χ0v) is 11.7. The second-order valence-corrected chi connectivity index (χ2v) is 4.58. The molecular formula is C13H21ClN4. The van der Waals surface area contributed by atoms with Gasteiger partial charge in [0, 0.05) is 11.6 Å². The van der Waals surface area contributed by atoms with E-state index in [-0.39, 0.29) is 6.04 Å². The summed E-state index contributed by atoms with van der Waals surface area (Å²) in [5.41, 5.74) is 3.72. The Morgan fingerprint density at radius 2 is 2.06 bits per heavy atom. The lowest BCUT2D eigenvalue weighted by molar-refractivity contribution is 0.683. The predicted octanol–water partition coefficient (Wildman–Crippen LogP) is 2.61. The van der Waals surface area contributed by atoms with Gasteiger partial charge in [-0.1, -0.05) is 37.1 Å².